The second kappa shape index (κ2) is 10.4. The first kappa shape index (κ1) is 27.2. The zero-order valence-corrected chi connectivity index (χ0v) is 26.9. The van der Waals surface area contributed by atoms with Crippen LogP contribution in [0.2, 0.25) is 0 Å². The standard InChI is InChI=1S/C46H28N2O2/c1-2-14-31(15-3-1)48-39-20-8-6-16-33(39)35-18-10-21-40(45(35)48)47(41-22-11-19-36-34-17-7-9-23-42(34)50-46(36)41)32-24-25-43-38(28-32)37-26-29-12-4-5-13-30(29)27-44(37)49-43/h1-28H. The minimum atomic E-state index is 0.844. The molecule has 3 aromatic heterocycles. The van der Waals surface area contributed by atoms with Crippen LogP contribution in [0.4, 0.5) is 17.1 Å². The number of furan rings is 2. The molecule has 0 radical (unpaired) electrons. The van der Waals surface area contributed by atoms with E-state index < -0.39 is 0 Å². The number of anilines is 3. The molecule has 0 amide bonds. The molecule has 0 aliphatic heterocycles. The summed E-state index contributed by atoms with van der Waals surface area (Å²) in [5.41, 5.74) is 9.87. The summed E-state index contributed by atoms with van der Waals surface area (Å²) < 4.78 is 15.6. The Morgan fingerprint density at radius 3 is 1.94 bits per heavy atom. The molecule has 0 unspecified atom stereocenters. The van der Waals surface area contributed by atoms with Crippen LogP contribution in [-0.4, -0.2) is 4.57 Å². The van der Waals surface area contributed by atoms with Crippen molar-refractivity contribution in [2.45, 2.75) is 0 Å². The topological polar surface area (TPSA) is 34.5 Å². The first-order chi connectivity index (χ1) is 24.8. The van der Waals surface area contributed by atoms with Crippen LogP contribution in [0.5, 0.6) is 0 Å². The van der Waals surface area contributed by atoms with Gasteiger partial charge in [0.25, 0.3) is 0 Å². The van der Waals surface area contributed by atoms with Gasteiger partial charge in [-0.1, -0.05) is 103 Å². The number of fused-ring (bicyclic) bond motifs is 10. The van der Waals surface area contributed by atoms with Gasteiger partial charge < -0.3 is 18.3 Å². The summed E-state index contributed by atoms with van der Waals surface area (Å²) in [6.45, 7) is 0. The van der Waals surface area contributed by atoms with E-state index in [4.69, 9.17) is 8.83 Å². The third kappa shape index (κ3) is 3.87. The molecule has 0 N–H and O–H groups in total. The van der Waals surface area contributed by atoms with Crippen LogP contribution in [-0.2, 0) is 0 Å². The molecule has 0 spiro atoms. The fourth-order valence-electron chi connectivity index (χ4n) is 7.93. The minimum absolute atomic E-state index is 0.844. The average molecular weight is 641 g/mol. The van der Waals surface area contributed by atoms with Crippen molar-refractivity contribution >= 4 is 93.5 Å². The molecule has 8 aromatic carbocycles. The van der Waals surface area contributed by atoms with Crippen molar-refractivity contribution in [2.24, 2.45) is 0 Å². The van der Waals surface area contributed by atoms with Crippen molar-refractivity contribution in [1.29, 1.82) is 0 Å². The van der Waals surface area contributed by atoms with Crippen LogP contribution in [0.1, 0.15) is 0 Å². The second-order valence-electron chi connectivity index (χ2n) is 12.9. The van der Waals surface area contributed by atoms with Crippen LogP contribution < -0.4 is 4.90 Å². The zero-order chi connectivity index (χ0) is 32.8. The van der Waals surface area contributed by atoms with Gasteiger partial charge in [-0.3, -0.25) is 0 Å². The van der Waals surface area contributed by atoms with E-state index in [2.05, 4.69) is 167 Å². The lowest BCUT2D eigenvalue weighted by molar-refractivity contribution is 0.669. The van der Waals surface area contributed by atoms with Gasteiger partial charge in [-0.15, -0.1) is 0 Å². The SMILES string of the molecule is c1ccc(-n2c3ccccc3c3cccc(N(c4ccc5oc6cc7ccccc7cc6c5c4)c4cccc5c4oc4ccccc45)c32)cc1. The Morgan fingerprint density at radius 2 is 1.06 bits per heavy atom. The van der Waals surface area contributed by atoms with E-state index in [1.54, 1.807) is 0 Å². The van der Waals surface area contributed by atoms with Gasteiger partial charge in [-0.05, 0) is 77.5 Å². The first-order valence-electron chi connectivity index (χ1n) is 16.9. The number of hydrogen-bond donors (Lipinski definition) is 0. The van der Waals surface area contributed by atoms with E-state index in [0.29, 0.717) is 0 Å². The molecule has 0 atom stereocenters. The molecule has 234 valence electrons. The van der Waals surface area contributed by atoms with E-state index in [9.17, 15) is 0 Å². The highest BCUT2D eigenvalue weighted by molar-refractivity contribution is 6.17. The highest BCUT2D eigenvalue weighted by Gasteiger charge is 2.25. The number of para-hydroxylation sites is 5. The quantitative estimate of drug-likeness (QED) is 0.192. The Kier molecular flexibility index (Phi) is 5.63. The number of hydrogen-bond acceptors (Lipinski definition) is 3. The molecule has 50 heavy (non-hydrogen) atoms. The maximum absolute atomic E-state index is 6.72. The van der Waals surface area contributed by atoms with E-state index in [1.165, 1.54) is 16.2 Å². The molecule has 4 nitrogen and oxygen atoms in total. The summed E-state index contributed by atoms with van der Waals surface area (Å²) in [5.74, 6) is 0. The van der Waals surface area contributed by atoms with Crippen molar-refractivity contribution < 1.29 is 8.83 Å². The smallest absolute Gasteiger partial charge is 0.159 e. The van der Waals surface area contributed by atoms with Gasteiger partial charge in [0.2, 0.25) is 0 Å². The summed E-state index contributed by atoms with van der Waals surface area (Å²) in [6, 6.07) is 60.1. The Labute approximate surface area is 286 Å². The van der Waals surface area contributed by atoms with Gasteiger partial charge in [0.15, 0.2) is 5.58 Å². The predicted octanol–water partition coefficient (Wildman–Crippen LogP) is 13.2. The van der Waals surface area contributed by atoms with E-state index in [1.807, 2.05) is 12.1 Å². The van der Waals surface area contributed by atoms with Gasteiger partial charge in [0, 0.05) is 43.7 Å². The molecule has 0 aliphatic rings. The highest BCUT2D eigenvalue weighted by Crippen LogP contribution is 2.47. The largest absolute Gasteiger partial charge is 0.456 e. The van der Waals surface area contributed by atoms with Crippen molar-refractivity contribution in [3.8, 4) is 5.69 Å². The molecule has 4 heteroatoms. The number of rotatable bonds is 4. The summed E-state index contributed by atoms with van der Waals surface area (Å²) in [4.78, 5) is 2.37. The predicted molar refractivity (Wildman–Crippen MR) is 208 cm³/mol. The Morgan fingerprint density at radius 1 is 0.400 bits per heavy atom. The van der Waals surface area contributed by atoms with Crippen LogP contribution in [0.3, 0.4) is 0 Å². The van der Waals surface area contributed by atoms with Gasteiger partial charge in [-0.25, -0.2) is 0 Å². The molecule has 0 fully saturated rings. The van der Waals surface area contributed by atoms with E-state index >= 15 is 0 Å². The molecule has 0 bridgehead atoms. The fraction of sp³-hybridized carbons (Fsp3) is 0. The average Bonchev–Trinajstić information content (AvgIpc) is 3.84. The van der Waals surface area contributed by atoms with Gasteiger partial charge >= 0.3 is 0 Å². The van der Waals surface area contributed by atoms with Gasteiger partial charge in [-0.2, -0.15) is 0 Å². The Balaban J connectivity index is 1.27. The van der Waals surface area contributed by atoms with Crippen molar-refractivity contribution in [1.82, 2.24) is 4.57 Å². The molecule has 11 aromatic rings. The summed E-state index contributed by atoms with van der Waals surface area (Å²) in [5, 5.41) is 9.10. The molecule has 0 aliphatic carbocycles. The van der Waals surface area contributed by atoms with E-state index in [-0.39, 0.29) is 0 Å². The fourth-order valence-corrected chi connectivity index (χ4v) is 7.93. The molecule has 3 heterocycles. The maximum atomic E-state index is 6.72. The molecule has 0 saturated carbocycles. The molecule has 11 rings (SSSR count). The van der Waals surface area contributed by atoms with Crippen molar-refractivity contribution in [3.05, 3.63) is 170 Å². The second-order valence-corrected chi connectivity index (χ2v) is 12.9. The third-order valence-electron chi connectivity index (χ3n) is 10.1. The Bertz CT molecular complexity index is 3110. The van der Waals surface area contributed by atoms with Crippen molar-refractivity contribution in [3.63, 3.8) is 0 Å². The monoisotopic (exact) mass is 640 g/mol. The minimum Gasteiger partial charge on any atom is -0.456 e. The van der Waals surface area contributed by atoms with E-state index in [0.717, 1.165) is 83.0 Å². The molecular formula is C46H28N2O2. The lowest BCUT2D eigenvalue weighted by Gasteiger charge is -2.27. The normalized spacial score (nSPS) is 12.0. The zero-order valence-electron chi connectivity index (χ0n) is 26.9. The number of aromatic nitrogens is 1. The van der Waals surface area contributed by atoms with Crippen LogP contribution >= 0.6 is 0 Å². The van der Waals surface area contributed by atoms with Gasteiger partial charge in [0.1, 0.15) is 16.7 Å². The summed E-state index contributed by atoms with van der Waals surface area (Å²) in [7, 11) is 0. The van der Waals surface area contributed by atoms with Gasteiger partial charge in [0.05, 0.1) is 22.4 Å². The van der Waals surface area contributed by atoms with Crippen molar-refractivity contribution in [2.75, 3.05) is 4.90 Å². The maximum Gasteiger partial charge on any atom is 0.159 e. The summed E-state index contributed by atoms with van der Waals surface area (Å²) in [6.07, 6.45) is 0. The number of nitrogens with zero attached hydrogens (tertiary/aromatic N) is 2. The Hall–Kier alpha value is -6.78. The van der Waals surface area contributed by atoms with Crippen LogP contribution in [0.25, 0.3) is 82.1 Å². The lowest BCUT2D eigenvalue weighted by atomic mass is 10.0. The number of benzene rings is 8. The van der Waals surface area contributed by atoms with Crippen LogP contribution in [0.15, 0.2) is 179 Å². The molecular weight excluding hydrogens is 613 g/mol. The summed E-state index contributed by atoms with van der Waals surface area (Å²) >= 11 is 0. The lowest BCUT2D eigenvalue weighted by Crippen LogP contribution is -2.12. The third-order valence-corrected chi connectivity index (χ3v) is 10.1. The first-order valence-corrected chi connectivity index (χ1v) is 16.9. The van der Waals surface area contributed by atoms with Crippen LogP contribution in [0, 0.1) is 0 Å². The highest BCUT2D eigenvalue weighted by atomic mass is 16.3. The molecule has 0 saturated heterocycles.